The van der Waals surface area contributed by atoms with Crippen LogP contribution >= 0.6 is 0 Å². The van der Waals surface area contributed by atoms with Gasteiger partial charge in [-0.15, -0.1) is 0 Å². The van der Waals surface area contributed by atoms with E-state index in [9.17, 15) is 8.42 Å². The lowest BCUT2D eigenvalue weighted by atomic mass is 10.1. The molecule has 1 aromatic carbocycles. The highest BCUT2D eigenvalue weighted by Crippen LogP contribution is 2.25. The minimum Gasteiger partial charge on any atom is -0.377 e. The summed E-state index contributed by atoms with van der Waals surface area (Å²) in [5.41, 5.74) is 2.29. The maximum absolute atomic E-state index is 12.8. The Balaban J connectivity index is 1.83. The number of hydrogen-bond acceptors (Lipinski definition) is 4. The van der Waals surface area contributed by atoms with Crippen molar-refractivity contribution in [2.45, 2.75) is 43.9 Å². The second kappa shape index (κ2) is 6.04. The van der Waals surface area contributed by atoms with E-state index < -0.39 is 10.0 Å². The van der Waals surface area contributed by atoms with Gasteiger partial charge in [0.1, 0.15) is 0 Å². The van der Waals surface area contributed by atoms with Crippen LogP contribution in [0.15, 0.2) is 23.1 Å². The predicted octanol–water partition coefficient (Wildman–Crippen LogP) is 1.48. The molecular weight excluding hydrogens is 288 g/mol. The smallest absolute Gasteiger partial charge is 0.243 e. The number of rotatable bonds is 4. The van der Waals surface area contributed by atoms with Crippen LogP contribution in [0.2, 0.25) is 0 Å². The molecule has 0 saturated carbocycles. The number of sulfonamides is 1. The van der Waals surface area contributed by atoms with Gasteiger partial charge in [0.2, 0.25) is 10.0 Å². The third-order valence-corrected chi connectivity index (χ3v) is 6.05. The van der Waals surface area contributed by atoms with Gasteiger partial charge in [-0.25, -0.2) is 8.42 Å². The van der Waals surface area contributed by atoms with Crippen LogP contribution in [-0.2, 0) is 27.8 Å². The van der Waals surface area contributed by atoms with E-state index in [0.717, 1.165) is 31.5 Å². The van der Waals surface area contributed by atoms with E-state index in [1.165, 1.54) is 5.56 Å². The lowest BCUT2D eigenvalue weighted by Crippen LogP contribution is -2.43. The highest BCUT2D eigenvalue weighted by atomic mass is 32.2. The first-order valence-corrected chi connectivity index (χ1v) is 8.99. The molecule has 0 aromatic heterocycles. The molecule has 21 heavy (non-hydrogen) atoms. The third kappa shape index (κ3) is 2.99. The van der Waals surface area contributed by atoms with Gasteiger partial charge in [-0.1, -0.05) is 6.07 Å². The monoisotopic (exact) mass is 310 g/mol. The maximum Gasteiger partial charge on any atom is 0.243 e. The SMILES string of the molecule is CCOC1CCCN(S(=O)(=O)c2ccc3c(c2)CNC3)C1. The Morgan fingerprint density at radius 1 is 1.33 bits per heavy atom. The first-order valence-electron chi connectivity index (χ1n) is 7.55. The number of ether oxygens (including phenoxy) is 1. The molecule has 0 radical (unpaired) electrons. The van der Waals surface area contributed by atoms with Crippen molar-refractivity contribution in [1.82, 2.24) is 9.62 Å². The Kier molecular flexibility index (Phi) is 4.31. The van der Waals surface area contributed by atoms with Crippen LogP contribution in [0.4, 0.5) is 0 Å². The Morgan fingerprint density at radius 3 is 2.95 bits per heavy atom. The zero-order valence-corrected chi connectivity index (χ0v) is 13.2. The molecule has 2 aliphatic rings. The zero-order chi connectivity index (χ0) is 14.9. The van der Waals surface area contributed by atoms with Crippen molar-refractivity contribution in [1.29, 1.82) is 0 Å². The molecule has 2 aliphatic heterocycles. The van der Waals surface area contributed by atoms with E-state index >= 15 is 0 Å². The molecule has 1 aromatic rings. The molecule has 1 fully saturated rings. The summed E-state index contributed by atoms with van der Waals surface area (Å²) >= 11 is 0. The van der Waals surface area contributed by atoms with Crippen LogP contribution in [0.5, 0.6) is 0 Å². The largest absolute Gasteiger partial charge is 0.377 e. The molecule has 0 bridgehead atoms. The first-order chi connectivity index (χ1) is 10.1. The fourth-order valence-electron chi connectivity index (χ4n) is 3.08. The van der Waals surface area contributed by atoms with Crippen LogP contribution < -0.4 is 5.32 Å². The van der Waals surface area contributed by atoms with Gasteiger partial charge in [0.25, 0.3) is 0 Å². The summed E-state index contributed by atoms with van der Waals surface area (Å²) in [6, 6.07) is 5.46. The van der Waals surface area contributed by atoms with Crippen molar-refractivity contribution >= 4 is 10.0 Å². The normalized spacial score (nSPS) is 23.2. The Morgan fingerprint density at radius 2 is 2.14 bits per heavy atom. The molecule has 1 unspecified atom stereocenters. The Labute approximate surface area is 126 Å². The standard InChI is InChI=1S/C15H22N2O3S/c1-2-20-14-4-3-7-17(11-14)21(18,19)15-6-5-12-9-16-10-13(12)8-15/h5-6,8,14,16H,2-4,7,9-11H2,1H3. The lowest BCUT2D eigenvalue weighted by molar-refractivity contribution is 0.0265. The summed E-state index contributed by atoms with van der Waals surface area (Å²) in [7, 11) is -3.41. The van der Waals surface area contributed by atoms with E-state index in [1.54, 1.807) is 10.4 Å². The Hall–Kier alpha value is -0.950. The van der Waals surface area contributed by atoms with Crippen molar-refractivity contribution in [3.05, 3.63) is 29.3 Å². The van der Waals surface area contributed by atoms with Crippen molar-refractivity contribution in [2.24, 2.45) is 0 Å². The quantitative estimate of drug-likeness (QED) is 0.915. The molecule has 0 aliphatic carbocycles. The van der Waals surface area contributed by atoms with Gasteiger partial charge in [0.15, 0.2) is 0 Å². The van der Waals surface area contributed by atoms with Crippen LogP contribution in [0.1, 0.15) is 30.9 Å². The van der Waals surface area contributed by atoms with Gasteiger partial charge in [0, 0.05) is 32.8 Å². The molecule has 2 heterocycles. The topological polar surface area (TPSA) is 58.6 Å². The summed E-state index contributed by atoms with van der Waals surface area (Å²) in [6.45, 7) is 5.20. The highest BCUT2D eigenvalue weighted by Gasteiger charge is 2.31. The molecule has 116 valence electrons. The summed E-state index contributed by atoms with van der Waals surface area (Å²) in [4.78, 5) is 0.405. The second-order valence-electron chi connectivity index (χ2n) is 5.62. The fourth-order valence-corrected chi connectivity index (χ4v) is 4.64. The summed E-state index contributed by atoms with van der Waals surface area (Å²) in [6.07, 6.45) is 1.82. The number of benzene rings is 1. The van der Waals surface area contributed by atoms with E-state index in [4.69, 9.17) is 4.74 Å². The number of piperidine rings is 1. The molecule has 1 saturated heterocycles. The highest BCUT2D eigenvalue weighted by molar-refractivity contribution is 7.89. The fraction of sp³-hybridized carbons (Fsp3) is 0.600. The van der Waals surface area contributed by atoms with Gasteiger partial charge in [-0.3, -0.25) is 0 Å². The van der Waals surface area contributed by atoms with Crippen LogP contribution in [0.25, 0.3) is 0 Å². The predicted molar refractivity (Wildman–Crippen MR) is 80.4 cm³/mol. The summed E-state index contributed by atoms with van der Waals surface area (Å²) in [5.74, 6) is 0. The second-order valence-corrected chi connectivity index (χ2v) is 7.55. The molecule has 5 nitrogen and oxygen atoms in total. The maximum atomic E-state index is 12.8. The molecule has 3 rings (SSSR count). The average molecular weight is 310 g/mol. The Bertz CT molecular complexity index is 613. The van der Waals surface area contributed by atoms with Crippen molar-refractivity contribution in [2.75, 3.05) is 19.7 Å². The minimum absolute atomic E-state index is 0.0228. The summed E-state index contributed by atoms with van der Waals surface area (Å²) < 4.78 is 32.7. The van der Waals surface area contributed by atoms with Crippen molar-refractivity contribution < 1.29 is 13.2 Å². The van der Waals surface area contributed by atoms with Crippen LogP contribution in [0.3, 0.4) is 0 Å². The average Bonchev–Trinajstić information content (AvgIpc) is 2.95. The molecule has 0 amide bonds. The van der Waals surface area contributed by atoms with Crippen molar-refractivity contribution in [3.8, 4) is 0 Å². The molecule has 1 atom stereocenters. The minimum atomic E-state index is -3.41. The van der Waals surface area contributed by atoms with E-state index in [2.05, 4.69) is 5.32 Å². The van der Waals surface area contributed by atoms with Crippen LogP contribution in [-0.4, -0.2) is 38.5 Å². The molecule has 0 spiro atoms. The van der Waals surface area contributed by atoms with Gasteiger partial charge < -0.3 is 10.1 Å². The number of fused-ring (bicyclic) bond motifs is 1. The molecule has 6 heteroatoms. The van der Waals surface area contributed by atoms with E-state index in [-0.39, 0.29) is 6.10 Å². The lowest BCUT2D eigenvalue weighted by Gasteiger charge is -2.31. The van der Waals surface area contributed by atoms with Gasteiger partial charge in [0.05, 0.1) is 11.0 Å². The third-order valence-electron chi connectivity index (χ3n) is 4.19. The van der Waals surface area contributed by atoms with Gasteiger partial charge in [-0.05, 0) is 43.0 Å². The van der Waals surface area contributed by atoms with Crippen molar-refractivity contribution in [3.63, 3.8) is 0 Å². The van der Waals surface area contributed by atoms with E-state index in [1.807, 2.05) is 19.1 Å². The summed E-state index contributed by atoms with van der Waals surface area (Å²) in [5, 5.41) is 3.24. The zero-order valence-electron chi connectivity index (χ0n) is 12.3. The number of hydrogen-bond donors (Lipinski definition) is 1. The molecular formula is C15H22N2O3S. The molecule has 1 N–H and O–H groups in total. The van der Waals surface area contributed by atoms with Gasteiger partial charge in [-0.2, -0.15) is 4.31 Å². The van der Waals surface area contributed by atoms with E-state index in [0.29, 0.717) is 24.6 Å². The van der Waals surface area contributed by atoms with Crippen LogP contribution in [0, 0.1) is 0 Å². The van der Waals surface area contributed by atoms with Gasteiger partial charge >= 0.3 is 0 Å². The number of nitrogens with zero attached hydrogens (tertiary/aromatic N) is 1. The first kappa shape index (κ1) is 15.0. The number of nitrogens with one attached hydrogen (secondary N) is 1.